The standard InChI is InChI=1S/C33H30N2O7S/c1-19-23-13-25-28(41-20(2)31(25)22-11-7-4-8-12-22)15-27(23)42-33(40)24(19)14-29(36)34-16-30(37)35-26(32(38)39)18-43-17-21-9-5-3-6-10-21/h3-13,15,26H,14,16-18H2,1-2H3,(H,34,36)(H,35,37)(H,38,39)/t26-/m1/s1. The lowest BCUT2D eigenvalue weighted by Crippen LogP contribution is -2.47. The molecule has 0 aliphatic heterocycles. The first-order chi connectivity index (χ1) is 20.7. The number of carboxylic acid groups (broad SMARTS) is 1. The number of hydrogen-bond donors (Lipinski definition) is 3. The van der Waals surface area contributed by atoms with Crippen LogP contribution in [0.25, 0.3) is 33.1 Å². The highest BCUT2D eigenvalue weighted by Crippen LogP contribution is 2.37. The van der Waals surface area contributed by atoms with Gasteiger partial charge in [-0.15, -0.1) is 0 Å². The van der Waals surface area contributed by atoms with Crippen LogP contribution in [-0.4, -0.2) is 41.2 Å². The largest absolute Gasteiger partial charge is 0.480 e. The molecule has 0 spiro atoms. The summed E-state index contributed by atoms with van der Waals surface area (Å²) in [6.07, 6.45) is -0.305. The maximum atomic E-state index is 12.9. The minimum absolute atomic E-state index is 0.163. The van der Waals surface area contributed by atoms with Gasteiger partial charge in [0.2, 0.25) is 11.8 Å². The van der Waals surface area contributed by atoms with E-state index in [1.165, 1.54) is 11.8 Å². The first kappa shape index (κ1) is 29.7. The maximum Gasteiger partial charge on any atom is 0.340 e. The van der Waals surface area contributed by atoms with Crippen molar-refractivity contribution in [3.8, 4) is 11.1 Å². The molecule has 9 nitrogen and oxygen atoms in total. The fourth-order valence-electron chi connectivity index (χ4n) is 4.96. The van der Waals surface area contributed by atoms with Gasteiger partial charge < -0.3 is 24.6 Å². The van der Waals surface area contributed by atoms with E-state index < -0.39 is 36.0 Å². The Kier molecular flexibility index (Phi) is 8.96. The summed E-state index contributed by atoms with van der Waals surface area (Å²) in [5.41, 5.74) is 4.01. The van der Waals surface area contributed by atoms with E-state index in [9.17, 15) is 24.3 Å². The molecule has 0 unspecified atom stereocenters. The quantitative estimate of drug-likeness (QED) is 0.181. The van der Waals surface area contributed by atoms with Crippen molar-refractivity contribution in [3.05, 3.63) is 106 Å². The Hall–Kier alpha value is -4.83. The van der Waals surface area contributed by atoms with E-state index in [-0.39, 0.29) is 17.7 Å². The van der Waals surface area contributed by atoms with Crippen LogP contribution in [0.15, 0.2) is 86.4 Å². The Labute approximate surface area is 251 Å². The number of carboxylic acids is 1. The van der Waals surface area contributed by atoms with Crippen LogP contribution in [0.2, 0.25) is 0 Å². The Balaban J connectivity index is 1.26. The number of carbonyl (C=O) groups excluding carboxylic acids is 2. The van der Waals surface area contributed by atoms with Crippen LogP contribution in [0.5, 0.6) is 0 Å². The summed E-state index contributed by atoms with van der Waals surface area (Å²) in [5, 5.41) is 16.0. The van der Waals surface area contributed by atoms with E-state index in [1.54, 1.807) is 13.0 Å². The van der Waals surface area contributed by atoms with Gasteiger partial charge in [-0.1, -0.05) is 60.7 Å². The molecule has 43 heavy (non-hydrogen) atoms. The molecule has 220 valence electrons. The average molecular weight is 599 g/mol. The topological polar surface area (TPSA) is 139 Å². The number of furan rings is 1. The van der Waals surface area contributed by atoms with Gasteiger partial charge in [0.05, 0.1) is 18.5 Å². The number of aryl methyl sites for hydroxylation is 2. The highest BCUT2D eigenvalue weighted by molar-refractivity contribution is 7.98. The molecule has 0 aliphatic carbocycles. The van der Waals surface area contributed by atoms with E-state index in [0.717, 1.165) is 27.8 Å². The molecule has 3 N–H and O–H groups in total. The summed E-state index contributed by atoms with van der Waals surface area (Å²) in [5.74, 6) is -0.882. The second-order valence-corrected chi connectivity index (χ2v) is 11.2. The van der Waals surface area contributed by atoms with E-state index >= 15 is 0 Å². The number of aliphatic carboxylic acids is 1. The van der Waals surface area contributed by atoms with Crippen LogP contribution in [0.4, 0.5) is 0 Å². The number of nitrogens with one attached hydrogen (secondary N) is 2. The molecule has 0 fully saturated rings. The van der Waals surface area contributed by atoms with Crippen LogP contribution >= 0.6 is 11.8 Å². The molecule has 0 bridgehead atoms. The molecule has 1 atom stereocenters. The number of thioether (sulfide) groups is 1. The minimum Gasteiger partial charge on any atom is -0.480 e. The summed E-state index contributed by atoms with van der Waals surface area (Å²) in [7, 11) is 0. The van der Waals surface area contributed by atoms with Gasteiger partial charge in [0.25, 0.3) is 0 Å². The SMILES string of the molecule is Cc1oc2cc3oc(=O)c(CC(=O)NCC(=O)N[C@H](CSCc4ccccc4)C(=O)O)c(C)c3cc2c1-c1ccccc1. The molecule has 10 heteroatoms. The van der Waals surface area contributed by atoms with Crippen molar-refractivity contribution in [2.24, 2.45) is 0 Å². The number of rotatable bonds is 11. The number of amides is 2. The third kappa shape index (κ3) is 6.81. The number of benzene rings is 3. The lowest BCUT2D eigenvalue weighted by atomic mass is 9.98. The molecule has 0 radical (unpaired) electrons. The molecule has 0 saturated carbocycles. The van der Waals surface area contributed by atoms with Crippen LogP contribution in [0.1, 0.15) is 22.5 Å². The number of fused-ring (bicyclic) bond motifs is 2. The third-order valence-electron chi connectivity index (χ3n) is 7.15. The zero-order valence-corrected chi connectivity index (χ0v) is 24.5. The lowest BCUT2D eigenvalue weighted by Gasteiger charge is -2.15. The van der Waals surface area contributed by atoms with Gasteiger partial charge in [-0.3, -0.25) is 9.59 Å². The Bertz CT molecular complexity index is 1860. The first-order valence-corrected chi connectivity index (χ1v) is 14.8. The minimum atomic E-state index is -1.16. The zero-order valence-electron chi connectivity index (χ0n) is 23.6. The molecule has 0 saturated heterocycles. The van der Waals surface area contributed by atoms with Crippen molar-refractivity contribution >= 4 is 51.5 Å². The van der Waals surface area contributed by atoms with Gasteiger partial charge >= 0.3 is 11.6 Å². The Morgan fingerprint density at radius 3 is 2.26 bits per heavy atom. The Morgan fingerprint density at radius 1 is 0.884 bits per heavy atom. The van der Waals surface area contributed by atoms with Gasteiger partial charge in [0.15, 0.2) is 0 Å². The van der Waals surface area contributed by atoms with Crippen molar-refractivity contribution in [1.82, 2.24) is 10.6 Å². The smallest absolute Gasteiger partial charge is 0.340 e. The monoisotopic (exact) mass is 598 g/mol. The maximum absolute atomic E-state index is 12.9. The summed E-state index contributed by atoms with van der Waals surface area (Å²) in [4.78, 5) is 49.7. The van der Waals surface area contributed by atoms with Crippen molar-refractivity contribution in [3.63, 3.8) is 0 Å². The first-order valence-electron chi connectivity index (χ1n) is 13.7. The zero-order chi connectivity index (χ0) is 30.5. The van der Waals surface area contributed by atoms with Crippen molar-refractivity contribution in [2.45, 2.75) is 32.1 Å². The molecule has 5 rings (SSSR count). The van der Waals surface area contributed by atoms with Crippen molar-refractivity contribution in [2.75, 3.05) is 12.3 Å². The van der Waals surface area contributed by atoms with E-state index in [1.807, 2.05) is 73.7 Å². The molecule has 3 aromatic carbocycles. The van der Waals surface area contributed by atoms with Gasteiger partial charge in [-0.2, -0.15) is 11.8 Å². The fourth-order valence-corrected chi connectivity index (χ4v) is 5.97. The van der Waals surface area contributed by atoms with Crippen LogP contribution in [-0.2, 0) is 26.6 Å². The lowest BCUT2D eigenvalue weighted by molar-refractivity contribution is -0.141. The van der Waals surface area contributed by atoms with Crippen LogP contribution < -0.4 is 16.3 Å². The van der Waals surface area contributed by atoms with Gasteiger partial charge in [-0.05, 0) is 36.6 Å². The normalized spacial score (nSPS) is 11.9. The third-order valence-corrected chi connectivity index (χ3v) is 8.25. The molecule has 2 amide bonds. The molecule has 0 aliphatic rings. The number of hydrogen-bond acceptors (Lipinski definition) is 7. The molecular formula is C33H30N2O7S. The summed E-state index contributed by atoms with van der Waals surface area (Å²) >= 11 is 1.38. The van der Waals surface area contributed by atoms with Gasteiger partial charge in [0.1, 0.15) is 23.0 Å². The van der Waals surface area contributed by atoms with Crippen molar-refractivity contribution in [1.29, 1.82) is 0 Å². The predicted molar refractivity (Wildman–Crippen MR) is 166 cm³/mol. The van der Waals surface area contributed by atoms with Crippen molar-refractivity contribution < 1.29 is 28.3 Å². The summed E-state index contributed by atoms with van der Waals surface area (Å²) in [6.45, 7) is 3.20. The van der Waals surface area contributed by atoms with E-state index in [0.29, 0.717) is 27.9 Å². The Morgan fingerprint density at radius 2 is 1.56 bits per heavy atom. The highest BCUT2D eigenvalue weighted by Gasteiger charge is 2.22. The van der Waals surface area contributed by atoms with Gasteiger partial charge in [-0.25, -0.2) is 9.59 Å². The summed E-state index contributed by atoms with van der Waals surface area (Å²) < 4.78 is 11.5. The second kappa shape index (κ2) is 13.0. The molecular weight excluding hydrogens is 568 g/mol. The average Bonchev–Trinajstić information content (AvgIpc) is 3.32. The highest BCUT2D eigenvalue weighted by atomic mass is 32.2. The van der Waals surface area contributed by atoms with Gasteiger partial charge in [0, 0.05) is 33.9 Å². The molecule has 5 aromatic rings. The molecule has 2 heterocycles. The van der Waals surface area contributed by atoms with Crippen LogP contribution in [0.3, 0.4) is 0 Å². The fraction of sp³-hybridized carbons (Fsp3) is 0.212. The van der Waals surface area contributed by atoms with E-state index in [2.05, 4.69) is 10.6 Å². The number of carbonyl (C=O) groups is 3. The summed E-state index contributed by atoms with van der Waals surface area (Å²) in [6, 6.07) is 21.9. The molecule has 2 aromatic heterocycles. The predicted octanol–water partition coefficient (Wildman–Crippen LogP) is 4.98. The second-order valence-electron chi connectivity index (χ2n) is 10.1. The van der Waals surface area contributed by atoms with Crippen LogP contribution in [0, 0.1) is 13.8 Å². The van der Waals surface area contributed by atoms with E-state index in [4.69, 9.17) is 8.83 Å².